The molecule has 8 nitrogen and oxygen atoms in total. The van der Waals surface area contributed by atoms with E-state index in [1.807, 2.05) is 0 Å². The first-order valence-electron chi connectivity index (χ1n) is 1.46. The summed E-state index contributed by atoms with van der Waals surface area (Å²) in [5.41, 5.74) is 0. The Morgan fingerprint density at radius 2 is 0.538 bits per heavy atom. The van der Waals surface area contributed by atoms with E-state index < -0.39 is 15.6 Å². The molecule has 0 saturated carbocycles. The Morgan fingerprint density at radius 3 is 0.538 bits per heavy atom. The van der Waals surface area contributed by atoms with Gasteiger partial charge in [-0.25, -0.2) is 0 Å². The van der Waals surface area contributed by atoms with Gasteiger partial charge in [0, 0.05) is 0 Å². The van der Waals surface area contributed by atoms with Gasteiger partial charge in [-0.1, -0.05) is 0 Å². The van der Waals surface area contributed by atoms with E-state index in [2.05, 4.69) is 0 Å². The van der Waals surface area contributed by atoms with Crippen LogP contribution in [0.25, 0.3) is 0 Å². The van der Waals surface area contributed by atoms with Crippen molar-refractivity contribution in [3.05, 3.63) is 0 Å². The predicted molar refractivity (Wildman–Crippen MR) is 15.2 cm³/mol. The summed E-state index contributed by atoms with van der Waals surface area (Å²) in [5.74, 6) is 0. The molecular weight excluding hydrogens is 346 g/mol. The van der Waals surface area contributed by atoms with Crippen molar-refractivity contribution < 1.29 is 90.6 Å². The maximum Gasteiger partial charge on any atom is 2.00 e. The summed E-state index contributed by atoms with van der Waals surface area (Å²) < 4.78 is 17.1. The molecule has 0 saturated heterocycles. The number of hydrogen-bond acceptors (Lipinski definition) is 8. The maximum atomic E-state index is 8.55. The molecule has 0 aliphatic rings. The van der Waals surface area contributed by atoms with Crippen LogP contribution in [0, 0.1) is 0 Å². The summed E-state index contributed by atoms with van der Waals surface area (Å²) in [7, 11) is -10.8. The van der Waals surface area contributed by atoms with Crippen LogP contribution in [0.5, 0.6) is 0 Å². The second-order valence-corrected chi connectivity index (χ2v) is 2.68. The zero-order chi connectivity index (χ0) is 9.00. The van der Waals surface area contributed by atoms with Crippen LogP contribution >= 0.6 is 15.6 Å². The fourth-order valence-corrected chi connectivity index (χ4v) is 0. The molecule has 0 N–H and O–H groups in total. The van der Waals surface area contributed by atoms with Crippen molar-refractivity contribution in [1.29, 1.82) is 0 Å². The zero-order valence-electron chi connectivity index (χ0n) is 5.39. The predicted octanol–water partition coefficient (Wildman–Crippen LogP) is -5.66. The molecule has 0 bridgehead atoms. The third-order valence-corrected chi connectivity index (χ3v) is 0. The number of phosphoric acid groups is 2. The fraction of sp³-hybridized carbons (Fsp3) is 0. The van der Waals surface area contributed by atoms with Crippen LogP contribution in [0.2, 0.25) is 0 Å². The molecule has 0 spiro atoms. The van der Waals surface area contributed by atoms with Gasteiger partial charge in [0.15, 0.2) is 0 Å². The Hall–Kier alpha value is 1.82. The van der Waals surface area contributed by atoms with Crippen LogP contribution < -0.4 is 29.4 Å². The summed E-state index contributed by atoms with van der Waals surface area (Å²) in [6.07, 6.45) is 0. The van der Waals surface area contributed by atoms with Crippen LogP contribution in [0.15, 0.2) is 0 Å². The van der Waals surface area contributed by atoms with Gasteiger partial charge in [-0.05, 0) is 0 Å². The van der Waals surface area contributed by atoms with E-state index in [4.69, 9.17) is 38.5 Å². The third kappa shape index (κ3) is 584. The minimum Gasteiger partial charge on any atom is -0.822 e. The molecule has 0 radical (unpaired) electrons. The molecule has 0 aromatic heterocycles. The first-order valence-corrected chi connectivity index (χ1v) is 4.38. The second kappa shape index (κ2) is 11.9. The Bertz CT molecular complexity index is 130. The topological polar surface area (TPSA) is 172 Å². The van der Waals surface area contributed by atoms with Gasteiger partial charge in [0.05, 0.1) is 0 Å². The van der Waals surface area contributed by atoms with Crippen LogP contribution in [0.3, 0.4) is 0 Å². The molecular formula is Cr3O8P2. The van der Waals surface area contributed by atoms with E-state index >= 15 is 0 Å². The van der Waals surface area contributed by atoms with Crippen molar-refractivity contribution in [3.8, 4) is 0 Å². The molecule has 0 aliphatic carbocycles. The molecule has 76 valence electrons. The monoisotopic (exact) mass is 346 g/mol. The summed E-state index contributed by atoms with van der Waals surface area (Å²) in [5, 5.41) is 0. The SMILES string of the molecule is O=P([O-])([O-])[O-].O=P([O-])([O-])[O-].[Cr+2].[Cr+2].[Cr+2]. The molecule has 0 aliphatic heterocycles. The molecule has 0 aromatic carbocycles. The summed E-state index contributed by atoms with van der Waals surface area (Å²) in [6, 6.07) is 0. The first kappa shape index (κ1) is 29.4. The van der Waals surface area contributed by atoms with E-state index in [0.29, 0.717) is 0 Å². The van der Waals surface area contributed by atoms with Gasteiger partial charge in [-0.3, -0.25) is 0 Å². The van der Waals surface area contributed by atoms with Gasteiger partial charge >= 0.3 is 52.1 Å². The Balaban J connectivity index is -0.0000000267. The quantitative estimate of drug-likeness (QED) is 0.390. The van der Waals surface area contributed by atoms with E-state index in [1.54, 1.807) is 0 Å². The fourth-order valence-electron chi connectivity index (χ4n) is 0. The van der Waals surface area contributed by atoms with Gasteiger partial charge in [0.25, 0.3) is 0 Å². The van der Waals surface area contributed by atoms with E-state index in [1.165, 1.54) is 0 Å². The van der Waals surface area contributed by atoms with Crippen molar-refractivity contribution in [3.63, 3.8) is 0 Å². The Morgan fingerprint density at radius 1 is 0.538 bits per heavy atom. The summed E-state index contributed by atoms with van der Waals surface area (Å²) >= 11 is 0. The van der Waals surface area contributed by atoms with Gasteiger partial charge in [0.2, 0.25) is 0 Å². The normalized spacial score (nSPS) is 9.08. The first-order chi connectivity index (χ1) is 4.00. The van der Waals surface area contributed by atoms with Crippen LogP contribution in [0.1, 0.15) is 0 Å². The Kier molecular flexibility index (Phi) is 26.8. The van der Waals surface area contributed by atoms with Gasteiger partial charge in [0.1, 0.15) is 0 Å². The van der Waals surface area contributed by atoms with Crippen LogP contribution in [-0.4, -0.2) is 0 Å². The molecule has 0 aromatic rings. The van der Waals surface area contributed by atoms with Crippen molar-refractivity contribution in [2.45, 2.75) is 0 Å². The van der Waals surface area contributed by atoms with E-state index in [9.17, 15) is 0 Å². The van der Waals surface area contributed by atoms with Crippen LogP contribution in [-0.2, 0) is 61.2 Å². The summed E-state index contributed by atoms with van der Waals surface area (Å²) in [6.45, 7) is 0. The molecule has 13 heavy (non-hydrogen) atoms. The third-order valence-electron chi connectivity index (χ3n) is 0. The minimum atomic E-state index is -5.39. The average Bonchev–Trinajstić information content (AvgIpc) is 1.12. The smallest absolute Gasteiger partial charge is 0.822 e. The van der Waals surface area contributed by atoms with Crippen molar-refractivity contribution in [2.24, 2.45) is 0 Å². The molecule has 0 amide bonds. The molecule has 0 unspecified atom stereocenters. The number of rotatable bonds is 0. The molecule has 0 fully saturated rings. The average molecular weight is 346 g/mol. The van der Waals surface area contributed by atoms with Crippen molar-refractivity contribution in [1.82, 2.24) is 0 Å². The van der Waals surface area contributed by atoms with Gasteiger partial charge in [-0.2, -0.15) is 15.6 Å². The molecule has 13 heteroatoms. The van der Waals surface area contributed by atoms with Crippen molar-refractivity contribution >= 4 is 15.6 Å². The van der Waals surface area contributed by atoms with Crippen LogP contribution in [0.4, 0.5) is 0 Å². The second-order valence-electron chi connectivity index (χ2n) is 0.894. The summed E-state index contributed by atoms with van der Waals surface area (Å²) in [4.78, 5) is 51.3. The molecule has 0 heterocycles. The largest absolute Gasteiger partial charge is 2.00 e. The molecule has 0 rings (SSSR count). The maximum absolute atomic E-state index is 8.55. The Labute approximate surface area is 106 Å². The van der Waals surface area contributed by atoms with E-state index in [-0.39, 0.29) is 52.1 Å². The van der Waals surface area contributed by atoms with Gasteiger partial charge < -0.3 is 38.5 Å². The number of hydrogen-bond donors (Lipinski definition) is 0. The molecule has 0 atom stereocenters. The minimum absolute atomic E-state index is 0. The zero-order valence-corrected chi connectivity index (χ0v) is 11.0. The van der Waals surface area contributed by atoms with Crippen molar-refractivity contribution in [2.75, 3.05) is 0 Å². The van der Waals surface area contributed by atoms with Gasteiger partial charge in [-0.15, -0.1) is 0 Å². The van der Waals surface area contributed by atoms with E-state index in [0.717, 1.165) is 0 Å². The standard InChI is InChI=1S/3Cr.2H3O4P/c;;;2*1-5(2,3)4/h;;;2*(H3,1,2,3,4)/q3*+2;;/p-6.